The lowest BCUT2D eigenvalue weighted by Gasteiger charge is -2.08. The Balaban J connectivity index is 2.10. The molecule has 0 aliphatic rings. The van der Waals surface area contributed by atoms with Gasteiger partial charge in [-0.25, -0.2) is 4.79 Å². The van der Waals surface area contributed by atoms with E-state index in [1.54, 1.807) is 6.07 Å². The second-order valence-electron chi connectivity index (χ2n) is 4.31. The monoisotopic (exact) mass is 265 g/mol. The minimum Gasteiger partial charge on any atom is -0.460 e. The third kappa shape index (κ3) is 6.36. The van der Waals surface area contributed by atoms with Crippen LogP contribution in [0, 0.1) is 6.92 Å². The second-order valence-corrected chi connectivity index (χ2v) is 4.31. The predicted molar refractivity (Wildman–Crippen MR) is 75.4 cm³/mol. The lowest BCUT2D eigenvalue weighted by molar-refractivity contribution is 0.0321. The molecule has 0 unspecified atom stereocenters. The summed E-state index contributed by atoms with van der Waals surface area (Å²) in [6.07, 6.45) is 1.12. The first kappa shape index (κ1) is 15.7. The van der Waals surface area contributed by atoms with E-state index < -0.39 is 0 Å². The van der Waals surface area contributed by atoms with Crippen molar-refractivity contribution in [3.05, 3.63) is 35.4 Å². The van der Waals surface area contributed by atoms with Crippen LogP contribution >= 0.6 is 0 Å². The summed E-state index contributed by atoms with van der Waals surface area (Å²) in [5, 5.41) is 3.24. The molecule has 106 valence electrons. The third-order valence-corrected chi connectivity index (χ3v) is 2.68. The number of nitrogens with one attached hydrogen (secondary N) is 1. The van der Waals surface area contributed by atoms with Crippen molar-refractivity contribution in [2.75, 3.05) is 32.9 Å². The van der Waals surface area contributed by atoms with Crippen LogP contribution in [0.5, 0.6) is 0 Å². The Bertz CT molecular complexity index is 379. The average Bonchev–Trinajstić information content (AvgIpc) is 2.42. The molecule has 4 nitrogen and oxygen atoms in total. The number of hydrogen-bond acceptors (Lipinski definition) is 4. The molecule has 0 bridgehead atoms. The van der Waals surface area contributed by atoms with Crippen molar-refractivity contribution in [1.82, 2.24) is 5.32 Å². The Morgan fingerprint density at radius 3 is 2.68 bits per heavy atom. The zero-order valence-corrected chi connectivity index (χ0v) is 11.8. The molecular weight excluding hydrogens is 242 g/mol. The Hall–Kier alpha value is -1.39. The number of esters is 1. The highest BCUT2D eigenvalue weighted by atomic mass is 16.6. The number of benzene rings is 1. The number of carbonyl (C=O) groups is 1. The zero-order chi connectivity index (χ0) is 13.9. The first-order valence-corrected chi connectivity index (χ1v) is 6.77. The average molecular weight is 265 g/mol. The maximum Gasteiger partial charge on any atom is 0.338 e. The highest BCUT2D eigenvalue weighted by Crippen LogP contribution is 2.08. The Labute approximate surface area is 115 Å². The maximum absolute atomic E-state index is 11.7. The highest BCUT2D eigenvalue weighted by molar-refractivity contribution is 5.90. The van der Waals surface area contributed by atoms with Crippen molar-refractivity contribution >= 4 is 5.97 Å². The summed E-state index contributed by atoms with van der Waals surface area (Å²) in [5.74, 6) is -0.286. The molecule has 0 heterocycles. The van der Waals surface area contributed by atoms with Gasteiger partial charge in [0.1, 0.15) is 6.61 Å². The Morgan fingerprint density at radius 2 is 1.95 bits per heavy atom. The normalized spacial score (nSPS) is 10.4. The molecule has 1 aromatic carbocycles. The summed E-state index contributed by atoms with van der Waals surface area (Å²) in [7, 11) is 0. The van der Waals surface area contributed by atoms with Gasteiger partial charge in [-0.2, -0.15) is 0 Å². The van der Waals surface area contributed by atoms with Crippen LogP contribution in [0.3, 0.4) is 0 Å². The summed E-state index contributed by atoms with van der Waals surface area (Å²) >= 11 is 0. The molecule has 0 spiro atoms. The van der Waals surface area contributed by atoms with Gasteiger partial charge in [0.25, 0.3) is 0 Å². The van der Waals surface area contributed by atoms with E-state index in [1.807, 2.05) is 25.1 Å². The lowest BCUT2D eigenvalue weighted by atomic mass is 10.1. The summed E-state index contributed by atoms with van der Waals surface area (Å²) in [6, 6.07) is 7.40. The maximum atomic E-state index is 11.7. The molecule has 19 heavy (non-hydrogen) atoms. The van der Waals surface area contributed by atoms with Crippen molar-refractivity contribution in [2.45, 2.75) is 20.3 Å². The molecule has 0 aromatic heterocycles. The van der Waals surface area contributed by atoms with Crippen LogP contribution in [0.4, 0.5) is 0 Å². The molecule has 1 rings (SSSR count). The summed E-state index contributed by atoms with van der Waals surface area (Å²) in [5.41, 5.74) is 1.55. The van der Waals surface area contributed by atoms with Gasteiger partial charge in [-0.1, -0.05) is 25.1 Å². The molecule has 0 amide bonds. The number of ether oxygens (including phenoxy) is 2. The van der Waals surface area contributed by atoms with Gasteiger partial charge in [-0.15, -0.1) is 0 Å². The standard InChI is InChI=1S/C15H23NO3/c1-3-8-16-9-10-18-11-12-19-15(17)14-7-5-4-6-13(14)2/h4-7,16H,3,8-12H2,1-2H3. The van der Waals surface area contributed by atoms with Gasteiger partial charge in [-0.05, 0) is 31.5 Å². The summed E-state index contributed by atoms with van der Waals surface area (Å²) < 4.78 is 10.5. The van der Waals surface area contributed by atoms with Crippen LogP contribution in [0.15, 0.2) is 24.3 Å². The number of aryl methyl sites for hydroxylation is 1. The number of rotatable bonds is 9. The molecule has 1 N–H and O–H groups in total. The van der Waals surface area contributed by atoms with Gasteiger partial charge < -0.3 is 14.8 Å². The van der Waals surface area contributed by atoms with Crippen LogP contribution in [-0.4, -0.2) is 38.9 Å². The van der Waals surface area contributed by atoms with Gasteiger partial charge in [0.2, 0.25) is 0 Å². The molecular formula is C15H23NO3. The van der Waals surface area contributed by atoms with Crippen molar-refractivity contribution < 1.29 is 14.3 Å². The Morgan fingerprint density at radius 1 is 1.16 bits per heavy atom. The van der Waals surface area contributed by atoms with Crippen LogP contribution in [0.25, 0.3) is 0 Å². The molecule has 0 aliphatic carbocycles. The first-order valence-electron chi connectivity index (χ1n) is 6.77. The Kier molecular flexibility index (Phi) is 7.86. The smallest absolute Gasteiger partial charge is 0.338 e. The van der Waals surface area contributed by atoms with E-state index in [9.17, 15) is 4.79 Å². The van der Waals surface area contributed by atoms with Crippen LogP contribution in [0.2, 0.25) is 0 Å². The van der Waals surface area contributed by atoms with Gasteiger partial charge in [0.15, 0.2) is 0 Å². The van der Waals surface area contributed by atoms with E-state index in [1.165, 1.54) is 0 Å². The van der Waals surface area contributed by atoms with E-state index in [4.69, 9.17) is 9.47 Å². The van der Waals surface area contributed by atoms with Gasteiger partial charge >= 0.3 is 5.97 Å². The van der Waals surface area contributed by atoms with E-state index in [2.05, 4.69) is 12.2 Å². The number of carbonyl (C=O) groups excluding carboxylic acids is 1. The molecule has 0 atom stereocenters. The SMILES string of the molecule is CCCNCCOCCOC(=O)c1ccccc1C. The summed E-state index contributed by atoms with van der Waals surface area (Å²) in [4.78, 5) is 11.7. The minimum atomic E-state index is -0.286. The molecule has 0 aliphatic heterocycles. The fourth-order valence-corrected chi connectivity index (χ4v) is 1.62. The highest BCUT2D eigenvalue weighted by Gasteiger charge is 2.08. The zero-order valence-electron chi connectivity index (χ0n) is 11.8. The molecule has 0 fully saturated rings. The van der Waals surface area contributed by atoms with Crippen molar-refractivity contribution in [3.63, 3.8) is 0 Å². The van der Waals surface area contributed by atoms with Gasteiger partial charge in [0, 0.05) is 6.54 Å². The molecule has 1 aromatic rings. The third-order valence-electron chi connectivity index (χ3n) is 2.68. The largest absolute Gasteiger partial charge is 0.460 e. The van der Waals surface area contributed by atoms with Gasteiger partial charge in [-0.3, -0.25) is 0 Å². The van der Waals surface area contributed by atoms with Gasteiger partial charge in [0.05, 0.1) is 18.8 Å². The van der Waals surface area contributed by atoms with Crippen LogP contribution in [0.1, 0.15) is 29.3 Å². The molecule has 0 saturated carbocycles. The number of hydrogen-bond donors (Lipinski definition) is 1. The molecule has 0 saturated heterocycles. The van der Waals surface area contributed by atoms with Crippen molar-refractivity contribution in [1.29, 1.82) is 0 Å². The lowest BCUT2D eigenvalue weighted by Crippen LogP contribution is -2.21. The first-order chi connectivity index (χ1) is 9.25. The van der Waals surface area contributed by atoms with Crippen molar-refractivity contribution in [2.24, 2.45) is 0 Å². The van der Waals surface area contributed by atoms with E-state index in [0.29, 0.717) is 25.4 Å². The van der Waals surface area contributed by atoms with E-state index in [-0.39, 0.29) is 5.97 Å². The van der Waals surface area contributed by atoms with Crippen molar-refractivity contribution in [3.8, 4) is 0 Å². The topological polar surface area (TPSA) is 47.6 Å². The fraction of sp³-hybridized carbons (Fsp3) is 0.533. The van der Waals surface area contributed by atoms with Crippen LogP contribution < -0.4 is 5.32 Å². The fourth-order valence-electron chi connectivity index (χ4n) is 1.62. The van der Waals surface area contributed by atoms with E-state index in [0.717, 1.165) is 25.1 Å². The minimum absolute atomic E-state index is 0.286. The van der Waals surface area contributed by atoms with Crippen LogP contribution in [-0.2, 0) is 9.47 Å². The quantitative estimate of drug-likeness (QED) is 0.549. The molecule has 0 radical (unpaired) electrons. The second kappa shape index (κ2) is 9.53. The summed E-state index contributed by atoms with van der Waals surface area (Å²) in [6.45, 7) is 7.23. The predicted octanol–water partition coefficient (Wildman–Crippen LogP) is 2.17. The van der Waals surface area contributed by atoms with E-state index >= 15 is 0 Å². The molecule has 4 heteroatoms.